The number of hydrogen-bond donors (Lipinski definition) is 1. The Labute approximate surface area is 146 Å². The SMILES string of the molecule is COC(=O)[C@H](CS(=O)(=O)CC(=O)N1CC([N+](=O)[O-])([N+](=O)[O-])C1)NC(C)=O. The molecule has 14 nitrogen and oxygen atoms in total. The van der Waals surface area contributed by atoms with Crippen molar-refractivity contribution in [1.29, 1.82) is 0 Å². The summed E-state index contributed by atoms with van der Waals surface area (Å²) in [7, 11) is -3.25. The third-order valence-electron chi connectivity index (χ3n) is 3.55. The van der Waals surface area contributed by atoms with Gasteiger partial charge in [0.2, 0.25) is 11.8 Å². The molecule has 0 bridgehead atoms. The Morgan fingerprint density at radius 3 is 2.12 bits per heavy atom. The van der Waals surface area contributed by atoms with Crippen LogP contribution in [-0.4, -0.2) is 84.4 Å². The molecule has 15 heteroatoms. The summed E-state index contributed by atoms with van der Waals surface area (Å²) >= 11 is 0. The number of rotatable bonds is 8. The molecule has 1 aliphatic rings. The second kappa shape index (κ2) is 7.59. The smallest absolute Gasteiger partial charge is 0.467 e. The van der Waals surface area contributed by atoms with Gasteiger partial charge in [0, 0.05) is 6.92 Å². The van der Waals surface area contributed by atoms with E-state index in [1.807, 2.05) is 0 Å². The molecular weight excluding hydrogens is 380 g/mol. The van der Waals surface area contributed by atoms with Gasteiger partial charge in [0.05, 0.1) is 12.9 Å². The molecule has 1 fully saturated rings. The normalized spacial score (nSPS) is 16.8. The van der Waals surface area contributed by atoms with Crippen LogP contribution in [0.3, 0.4) is 0 Å². The maximum absolute atomic E-state index is 12.1. The van der Waals surface area contributed by atoms with Gasteiger partial charge in [-0.05, 0) is 0 Å². The Morgan fingerprint density at radius 2 is 1.73 bits per heavy atom. The molecule has 26 heavy (non-hydrogen) atoms. The fraction of sp³-hybridized carbons (Fsp3) is 0.727. The van der Waals surface area contributed by atoms with Gasteiger partial charge in [-0.15, -0.1) is 0 Å². The standard InChI is InChI=1S/C11H16N4O10S/c1-7(16)12-8(10(18)25-2)3-26(23,24)4-9(17)13-5-11(6-13,14(19)20)15(21)22/h8H,3-6H2,1-2H3,(H,12,16)/t8-/m0/s1. The molecule has 0 radical (unpaired) electrons. The third kappa shape index (κ3) is 4.62. The monoisotopic (exact) mass is 396 g/mol. The zero-order valence-corrected chi connectivity index (χ0v) is 14.6. The van der Waals surface area contributed by atoms with E-state index in [1.54, 1.807) is 0 Å². The van der Waals surface area contributed by atoms with E-state index in [1.165, 1.54) is 0 Å². The average Bonchev–Trinajstić information content (AvgIpc) is 2.42. The van der Waals surface area contributed by atoms with Crippen LogP contribution in [0.1, 0.15) is 6.92 Å². The highest BCUT2D eigenvalue weighted by molar-refractivity contribution is 7.92. The highest BCUT2D eigenvalue weighted by Crippen LogP contribution is 2.25. The first-order chi connectivity index (χ1) is 11.8. The van der Waals surface area contributed by atoms with E-state index in [-0.39, 0.29) is 0 Å². The van der Waals surface area contributed by atoms with E-state index in [4.69, 9.17) is 0 Å². The molecule has 1 N–H and O–H groups in total. The van der Waals surface area contributed by atoms with E-state index >= 15 is 0 Å². The van der Waals surface area contributed by atoms with E-state index in [2.05, 4.69) is 10.1 Å². The number of amides is 2. The van der Waals surface area contributed by atoms with Gasteiger partial charge in [-0.25, -0.2) is 13.2 Å². The zero-order chi connectivity index (χ0) is 20.3. The molecule has 1 rings (SSSR count). The van der Waals surface area contributed by atoms with Crippen LogP contribution in [-0.2, 0) is 29.0 Å². The van der Waals surface area contributed by atoms with Crippen LogP contribution in [0.2, 0.25) is 0 Å². The molecule has 146 valence electrons. The molecular formula is C11H16N4O10S. The number of nitro groups is 2. The molecule has 0 aliphatic carbocycles. The summed E-state index contributed by atoms with van der Waals surface area (Å²) in [6.45, 7) is -0.691. The number of nitrogens with one attached hydrogen (secondary N) is 1. The Balaban J connectivity index is 2.76. The first-order valence-electron chi connectivity index (χ1n) is 6.97. The Morgan fingerprint density at radius 1 is 1.23 bits per heavy atom. The fourth-order valence-electron chi connectivity index (χ4n) is 2.19. The zero-order valence-electron chi connectivity index (χ0n) is 13.7. The van der Waals surface area contributed by atoms with Crippen LogP contribution >= 0.6 is 0 Å². The number of nitrogens with zero attached hydrogens (tertiary/aromatic N) is 3. The molecule has 0 saturated carbocycles. The molecule has 0 spiro atoms. The predicted octanol–water partition coefficient (Wildman–Crippen LogP) is -2.83. The van der Waals surface area contributed by atoms with Crippen molar-refractivity contribution in [1.82, 2.24) is 10.2 Å². The van der Waals surface area contributed by atoms with Crippen LogP contribution in [0.5, 0.6) is 0 Å². The molecule has 0 unspecified atom stereocenters. The van der Waals surface area contributed by atoms with Gasteiger partial charge in [0.15, 0.2) is 22.9 Å². The number of esters is 1. The molecule has 0 aromatic carbocycles. The van der Waals surface area contributed by atoms with Gasteiger partial charge in [0.1, 0.15) is 21.6 Å². The van der Waals surface area contributed by atoms with Crippen molar-refractivity contribution >= 4 is 27.6 Å². The van der Waals surface area contributed by atoms with Crippen LogP contribution in [0.15, 0.2) is 0 Å². The lowest BCUT2D eigenvalue weighted by molar-refractivity contribution is -0.809. The summed E-state index contributed by atoms with van der Waals surface area (Å²) in [6.07, 6.45) is 0. The van der Waals surface area contributed by atoms with E-state index in [0.29, 0.717) is 4.90 Å². The molecule has 1 aliphatic heterocycles. The van der Waals surface area contributed by atoms with Crippen molar-refractivity contribution in [2.45, 2.75) is 18.6 Å². The van der Waals surface area contributed by atoms with Crippen LogP contribution in [0.25, 0.3) is 0 Å². The van der Waals surface area contributed by atoms with Gasteiger partial charge < -0.3 is 15.0 Å². The number of methoxy groups -OCH3 is 1. The molecule has 1 saturated heterocycles. The average molecular weight is 396 g/mol. The summed E-state index contributed by atoms with van der Waals surface area (Å²) in [5, 5.41) is 23.6. The first kappa shape index (κ1) is 21.2. The van der Waals surface area contributed by atoms with E-state index in [9.17, 15) is 43.0 Å². The lowest BCUT2D eigenvalue weighted by Crippen LogP contribution is -2.71. The Hall–Kier alpha value is -2.84. The number of sulfone groups is 1. The quantitative estimate of drug-likeness (QED) is 0.193. The lowest BCUT2D eigenvalue weighted by Gasteiger charge is -2.35. The summed E-state index contributed by atoms with van der Waals surface area (Å²) in [6, 6.07) is -1.54. The van der Waals surface area contributed by atoms with Gasteiger partial charge >= 0.3 is 11.6 Å². The summed E-state index contributed by atoms with van der Waals surface area (Å²) in [5.41, 5.74) is -2.55. The highest BCUT2D eigenvalue weighted by Gasteiger charge is 2.67. The Bertz CT molecular complexity index is 726. The summed E-state index contributed by atoms with van der Waals surface area (Å²) in [5.74, 6) is -4.90. The maximum Gasteiger partial charge on any atom is 0.492 e. The van der Waals surface area contributed by atoms with Gasteiger partial charge in [0.25, 0.3) is 0 Å². The lowest BCUT2D eigenvalue weighted by atomic mass is 10.0. The minimum absolute atomic E-state index is 0.661. The molecule has 1 heterocycles. The Kier molecular flexibility index (Phi) is 6.19. The van der Waals surface area contributed by atoms with Crippen molar-refractivity contribution in [3.63, 3.8) is 0 Å². The maximum atomic E-state index is 12.1. The number of hydrogen-bond acceptors (Lipinski definition) is 10. The fourth-order valence-corrected chi connectivity index (χ4v) is 3.59. The van der Waals surface area contributed by atoms with Crippen molar-refractivity contribution < 1.29 is 37.4 Å². The summed E-state index contributed by atoms with van der Waals surface area (Å²) < 4.78 is 28.5. The van der Waals surface area contributed by atoms with Gasteiger partial charge in [-0.2, -0.15) is 0 Å². The molecule has 0 aromatic heterocycles. The van der Waals surface area contributed by atoms with Crippen molar-refractivity contribution in [3.05, 3.63) is 20.2 Å². The topological polar surface area (TPSA) is 196 Å². The number of carbonyl (C=O) groups is 3. The minimum atomic E-state index is -4.23. The van der Waals surface area contributed by atoms with E-state index < -0.39 is 73.8 Å². The minimum Gasteiger partial charge on any atom is -0.467 e. The molecule has 0 aromatic rings. The number of ether oxygens (including phenoxy) is 1. The van der Waals surface area contributed by atoms with Crippen molar-refractivity contribution in [2.75, 3.05) is 31.7 Å². The van der Waals surface area contributed by atoms with Crippen molar-refractivity contribution in [2.24, 2.45) is 0 Å². The van der Waals surface area contributed by atoms with Crippen molar-refractivity contribution in [3.8, 4) is 0 Å². The number of likely N-dealkylation sites (tertiary alicyclic amines) is 1. The van der Waals surface area contributed by atoms with Crippen LogP contribution in [0.4, 0.5) is 0 Å². The summed E-state index contributed by atoms with van der Waals surface area (Å²) in [4.78, 5) is 54.4. The van der Waals surface area contributed by atoms with E-state index in [0.717, 1.165) is 14.0 Å². The van der Waals surface area contributed by atoms with Crippen LogP contribution < -0.4 is 5.32 Å². The van der Waals surface area contributed by atoms with Crippen LogP contribution in [0, 0.1) is 20.2 Å². The van der Waals surface area contributed by atoms with Gasteiger partial charge in [-0.1, -0.05) is 0 Å². The third-order valence-corrected chi connectivity index (χ3v) is 5.08. The first-order valence-corrected chi connectivity index (χ1v) is 8.79. The second-order valence-electron chi connectivity index (χ2n) is 5.58. The number of carbonyl (C=O) groups excluding carboxylic acids is 3. The highest BCUT2D eigenvalue weighted by atomic mass is 32.2. The largest absolute Gasteiger partial charge is 0.492 e. The van der Waals surface area contributed by atoms with Gasteiger partial charge in [-0.3, -0.25) is 29.8 Å². The second-order valence-corrected chi connectivity index (χ2v) is 7.69. The predicted molar refractivity (Wildman–Crippen MR) is 81.6 cm³/mol. The molecule has 1 atom stereocenters. The molecule has 2 amide bonds.